The fourth-order valence-electron chi connectivity index (χ4n) is 2.39. The van der Waals surface area contributed by atoms with Crippen molar-refractivity contribution in [2.24, 2.45) is 0 Å². The van der Waals surface area contributed by atoms with Crippen LogP contribution in [0.25, 0.3) is 0 Å². The smallest absolute Gasteiger partial charge is 0.344 e. The van der Waals surface area contributed by atoms with Crippen molar-refractivity contribution in [3.05, 3.63) is 64.5 Å². The van der Waals surface area contributed by atoms with Crippen molar-refractivity contribution in [2.45, 2.75) is 31.5 Å². The molecule has 0 fully saturated rings. The van der Waals surface area contributed by atoms with E-state index in [1.54, 1.807) is 18.4 Å². The van der Waals surface area contributed by atoms with E-state index in [2.05, 4.69) is 29.4 Å². The Bertz CT molecular complexity index is 911. The Balaban J connectivity index is 1.58. The number of rotatable bonds is 7. The first-order chi connectivity index (χ1) is 12.5. The van der Waals surface area contributed by atoms with Gasteiger partial charge in [0, 0.05) is 5.69 Å². The zero-order valence-electron chi connectivity index (χ0n) is 14.6. The highest BCUT2D eigenvalue weighted by atomic mass is 32.2. The van der Waals surface area contributed by atoms with Gasteiger partial charge in [0.2, 0.25) is 5.91 Å². The zero-order valence-corrected chi connectivity index (χ0v) is 15.4. The predicted molar refractivity (Wildman–Crippen MR) is 101 cm³/mol. The number of hydrogen-bond acceptors (Lipinski definition) is 5. The standard InChI is InChI=1S/C18H20N4O3S/c1-12(2)13-5-7-14(8-6-13)19-16(23)11-26-18-21-20-17(24)22(18)10-15-4-3-9-25-15/h3-9,12H,10-11H2,1-2H3,(H,19,23)(H,20,24). The van der Waals surface area contributed by atoms with E-state index < -0.39 is 0 Å². The van der Waals surface area contributed by atoms with Crippen LogP contribution >= 0.6 is 11.8 Å². The summed E-state index contributed by atoms with van der Waals surface area (Å²) in [6, 6.07) is 11.3. The summed E-state index contributed by atoms with van der Waals surface area (Å²) >= 11 is 1.19. The lowest BCUT2D eigenvalue weighted by atomic mass is 10.0. The lowest BCUT2D eigenvalue weighted by Gasteiger charge is -2.08. The van der Waals surface area contributed by atoms with Gasteiger partial charge in [-0.2, -0.15) is 0 Å². The van der Waals surface area contributed by atoms with Gasteiger partial charge in [0.05, 0.1) is 18.6 Å². The second kappa shape index (κ2) is 8.09. The van der Waals surface area contributed by atoms with E-state index in [9.17, 15) is 9.59 Å². The number of nitrogens with zero attached hydrogens (tertiary/aromatic N) is 2. The number of benzene rings is 1. The number of hydrogen-bond donors (Lipinski definition) is 2. The molecule has 0 unspecified atom stereocenters. The molecule has 3 aromatic rings. The zero-order chi connectivity index (χ0) is 18.5. The largest absolute Gasteiger partial charge is 0.467 e. The molecule has 26 heavy (non-hydrogen) atoms. The molecule has 0 aliphatic heterocycles. The Labute approximate surface area is 154 Å². The minimum absolute atomic E-state index is 0.147. The lowest BCUT2D eigenvalue weighted by molar-refractivity contribution is -0.113. The minimum Gasteiger partial charge on any atom is -0.467 e. The number of furan rings is 1. The molecule has 2 aromatic heterocycles. The number of aromatic amines is 1. The van der Waals surface area contributed by atoms with E-state index in [4.69, 9.17) is 4.42 Å². The first-order valence-electron chi connectivity index (χ1n) is 8.23. The summed E-state index contributed by atoms with van der Waals surface area (Å²) in [6.45, 7) is 4.51. The molecule has 0 radical (unpaired) electrons. The molecule has 0 spiro atoms. The van der Waals surface area contributed by atoms with Crippen molar-refractivity contribution >= 4 is 23.4 Å². The van der Waals surface area contributed by atoms with Crippen molar-refractivity contribution < 1.29 is 9.21 Å². The number of carbonyl (C=O) groups excluding carboxylic acids is 1. The number of anilines is 1. The van der Waals surface area contributed by atoms with Crippen LogP contribution in [0.1, 0.15) is 31.1 Å². The Morgan fingerprint density at radius 3 is 2.73 bits per heavy atom. The van der Waals surface area contributed by atoms with Crippen LogP contribution in [0.15, 0.2) is 57.0 Å². The molecule has 0 bridgehead atoms. The van der Waals surface area contributed by atoms with Crippen LogP contribution in [0.2, 0.25) is 0 Å². The van der Waals surface area contributed by atoms with Gasteiger partial charge >= 0.3 is 5.69 Å². The first kappa shape index (κ1) is 18.1. The van der Waals surface area contributed by atoms with Gasteiger partial charge in [-0.05, 0) is 35.7 Å². The molecule has 7 nitrogen and oxygen atoms in total. The molecule has 2 heterocycles. The molecule has 3 rings (SSSR count). The van der Waals surface area contributed by atoms with Gasteiger partial charge < -0.3 is 9.73 Å². The normalized spacial score (nSPS) is 11.0. The van der Waals surface area contributed by atoms with Crippen LogP contribution in [0, 0.1) is 0 Å². The Hall–Kier alpha value is -2.74. The summed E-state index contributed by atoms with van der Waals surface area (Å²) in [5.74, 6) is 1.08. The third-order valence-corrected chi connectivity index (χ3v) is 4.79. The molecular formula is C18H20N4O3S. The second-order valence-electron chi connectivity index (χ2n) is 6.09. The molecule has 2 N–H and O–H groups in total. The summed E-state index contributed by atoms with van der Waals surface area (Å²) in [5, 5.41) is 9.66. The van der Waals surface area contributed by atoms with Gasteiger partial charge in [-0.3, -0.25) is 9.36 Å². The maximum Gasteiger partial charge on any atom is 0.344 e. The quantitative estimate of drug-likeness (QED) is 0.622. The second-order valence-corrected chi connectivity index (χ2v) is 7.03. The highest BCUT2D eigenvalue weighted by Gasteiger charge is 2.13. The molecule has 1 amide bonds. The maximum atomic E-state index is 12.2. The van der Waals surface area contributed by atoms with Crippen LogP contribution < -0.4 is 11.0 Å². The number of nitrogens with one attached hydrogen (secondary N) is 2. The van der Waals surface area contributed by atoms with Gasteiger partial charge in [-0.15, -0.1) is 5.10 Å². The van der Waals surface area contributed by atoms with Crippen molar-refractivity contribution in [1.29, 1.82) is 0 Å². The molecule has 1 aromatic carbocycles. The number of thioether (sulfide) groups is 1. The molecule has 0 atom stereocenters. The summed E-state index contributed by atoms with van der Waals surface area (Å²) in [7, 11) is 0. The van der Waals surface area contributed by atoms with Gasteiger partial charge in [0.15, 0.2) is 5.16 Å². The third kappa shape index (κ3) is 4.45. The SMILES string of the molecule is CC(C)c1ccc(NC(=O)CSc2n[nH]c(=O)n2Cc2ccco2)cc1. The number of carbonyl (C=O) groups is 1. The van der Waals surface area contributed by atoms with Crippen LogP contribution in [0.5, 0.6) is 0 Å². The van der Waals surface area contributed by atoms with Crippen molar-refractivity contribution in [2.75, 3.05) is 11.1 Å². The Morgan fingerprint density at radius 2 is 2.08 bits per heavy atom. The van der Waals surface area contributed by atoms with Gasteiger partial charge in [-0.25, -0.2) is 9.89 Å². The molecule has 0 saturated heterocycles. The Morgan fingerprint density at radius 1 is 1.31 bits per heavy atom. The fraction of sp³-hybridized carbons (Fsp3) is 0.278. The molecule has 0 saturated carbocycles. The number of aromatic nitrogens is 3. The van der Waals surface area contributed by atoms with E-state index >= 15 is 0 Å². The van der Waals surface area contributed by atoms with E-state index in [0.29, 0.717) is 16.8 Å². The van der Waals surface area contributed by atoms with Crippen LogP contribution in [0.3, 0.4) is 0 Å². The van der Waals surface area contributed by atoms with E-state index in [0.717, 1.165) is 5.69 Å². The van der Waals surface area contributed by atoms with Crippen LogP contribution in [0.4, 0.5) is 5.69 Å². The van der Waals surface area contributed by atoms with E-state index in [-0.39, 0.29) is 23.9 Å². The van der Waals surface area contributed by atoms with Gasteiger partial charge in [-0.1, -0.05) is 37.7 Å². The minimum atomic E-state index is -0.339. The predicted octanol–water partition coefficient (Wildman–Crippen LogP) is 3.07. The summed E-state index contributed by atoms with van der Waals surface area (Å²) in [4.78, 5) is 24.0. The molecule has 136 valence electrons. The monoisotopic (exact) mass is 372 g/mol. The topological polar surface area (TPSA) is 92.9 Å². The van der Waals surface area contributed by atoms with E-state index in [1.165, 1.54) is 21.9 Å². The highest BCUT2D eigenvalue weighted by Crippen LogP contribution is 2.18. The summed E-state index contributed by atoms with van der Waals surface area (Å²) in [5.41, 5.74) is 1.62. The van der Waals surface area contributed by atoms with E-state index in [1.807, 2.05) is 24.3 Å². The van der Waals surface area contributed by atoms with Crippen molar-refractivity contribution in [1.82, 2.24) is 14.8 Å². The number of amides is 1. The Kier molecular flexibility index (Phi) is 5.62. The van der Waals surface area contributed by atoms with Crippen molar-refractivity contribution in [3.63, 3.8) is 0 Å². The van der Waals surface area contributed by atoms with Gasteiger partial charge in [0.25, 0.3) is 0 Å². The summed E-state index contributed by atoms with van der Waals surface area (Å²) < 4.78 is 6.70. The lowest BCUT2D eigenvalue weighted by Crippen LogP contribution is -2.19. The van der Waals surface area contributed by atoms with Crippen LogP contribution in [-0.2, 0) is 11.3 Å². The third-order valence-electron chi connectivity index (χ3n) is 3.81. The highest BCUT2D eigenvalue weighted by molar-refractivity contribution is 7.99. The molecule has 0 aliphatic rings. The molecule has 0 aliphatic carbocycles. The average Bonchev–Trinajstić information content (AvgIpc) is 3.25. The average molecular weight is 372 g/mol. The summed E-state index contributed by atoms with van der Waals surface area (Å²) in [6.07, 6.45) is 1.55. The fourth-order valence-corrected chi connectivity index (χ4v) is 3.14. The van der Waals surface area contributed by atoms with Gasteiger partial charge in [0.1, 0.15) is 5.76 Å². The number of H-pyrrole nitrogens is 1. The first-order valence-corrected chi connectivity index (χ1v) is 9.21. The van der Waals surface area contributed by atoms with Crippen molar-refractivity contribution in [3.8, 4) is 0 Å². The molecule has 8 heteroatoms. The maximum absolute atomic E-state index is 12.2. The molecular weight excluding hydrogens is 352 g/mol. The van der Waals surface area contributed by atoms with Crippen LogP contribution in [-0.4, -0.2) is 26.4 Å².